The van der Waals surface area contributed by atoms with Gasteiger partial charge in [0.25, 0.3) is 0 Å². The zero-order valence-corrected chi connectivity index (χ0v) is 17.4. The van der Waals surface area contributed by atoms with Gasteiger partial charge in [-0.1, -0.05) is 24.3 Å². The number of nitriles is 1. The highest BCUT2D eigenvalue weighted by Gasteiger charge is 2.50. The first kappa shape index (κ1) is 21.0. The van der Waals surface area contributed by atoms with E-state index in [0.29, 0.717) is 30.3 Å². The highest BCUT2D eigenvalue weighted by molar-refractivity contribution is 5.47. The SMILES string of the molecule is CCOc1ccc(C2NNC3OC(N)=C(C#N)C(c4ccccc4F)C32)c(OCC)c1. The molecule has 4 N–H and O–H groups in total. The predicted molar refractivity (Wildman–Crippen MR) is 112 cm³/mol. The molecule has 2 aliphatic rings. The molecule has 162 valence electrons. The Labute approximate surface area is 180 Å². The van der Waals surface area contributed by atoms with Crippen molar-refractivity contribution in [3.63, 3.8) is 0 Å². The van der Waals surface area contributed by atoms with Crippen LogP contribution in [0.1, 0.15) is 36.9 Å². The molecule has 0 saturated carbocycles. The zero-order valence-electron chi connectivity index (χ0n) is 17.4. The van der Waals surface area contributed by atoms with Gasteiger partial charge < -0.3 is 19.9 Å². The Kier molecular flexibility index (Phi) is 5.98. The molecule has 0 spiro atoms. The predicted octanol–water partition coefficient (Wildman–Crippen LogP) is 3.22. The fraction of sp³-hybridized carbons (Fsp3) is 0.348. The molecule has 1 fully saturated rings. The van der Waals surface area contributed by atoms with Crippen molar-refractivity contribution in [2.45, 2.75) is 32.0 Å². The largest absolute Gasteiger partial charge is 0.494 e. The molecule has 8 heteroatoms. The van der Waals surface area contributed by atoms with Crippen molar-refractivity contribution in [3.8, 4) is 17.6 Å². The minimum absolute atomic E-state index is 0.00341. The number of nitrogens with one attached hydrogen (secondary N) is 2. The summed E-state index contributed by atoms with van der Waals surface area (Å²) in [6.07, 6.45) is -0.548. The van der Waals surface area contributed by atoms with E-state index >= 15 is 0 Å². The molecule has 7 nitrogen and oxygen atoms in total. The first-order valence-corrected chi connectivity index (χ1v) is 10.3. The standard InChI is InChI=1S/C23H25FN4O3/c1-3-29-13-9-10-15(18(11-13)30-4-2)21-20-19(14-7-5-6-8-17(14)24)16(12-25)22(26)31-23(20)28-27-21/h5-11,19-21,23,27-28H,3-4,26H2,1-2H3. The molecule has 2 aromatic carbocycles. The van der Waals surface area contributed by atoms with Crippen molar-refractivity contribution < 1.29 is 18.6 Å². The van der Waals surface area contributed by atoms with E-state index in [4.69, 9.17) is 19.9 Å². The van der Waals surface area contributed by atoms with Crippen LogP contribution in [0.15, 0.2) is 53.9 Å². The lowest BCUT2D eigenvalue weighted by atomic mass is 9.74. The van der Waals surface area contributed by atoms with Crippen LogP contribution >= 0.6 is 0 Å². The van der Waals surface area contributed by atoms with Gasteiger partial charge >= 0.3 is 0 Å². The Morgan fingerprint density at radius 3 is 2.58 bits per heavy atom. The molecule has 0 aliphatic carbocycles. The molecule has 4 rings (SSSR count). The zero-order chi connectivity index (χ0) is 22.0. The maximum absolute atomic E-state index is 14.8. The van der Waals surface area contributed by atoms with E-state index in [9.17, 15) is 9.65 Å². The number of ether oxygens (including phenoxy) is 3. The summed E-state index contributed by atoms with van der Waals surface area (Å²) in [4.78, 5) is 0. The summed E-state index contributed by atoms with van der Waals surface area (Å²) in [6.45, 7) is 4.83. The number of allylic oxidation sites excluding steroid dienone is 1. The van der Waals surface area contributed by atoms with Gasteiger partial charge in [-0.3, -0.25) is 0 Å². The first-order chi connectivity index (χ1) is 15.1. The molecule has 4 atom stereocenters. The molecular formula is C23H25FN4O3. The Hall–Kier alpha value is -3.28. The van der Waals surface area contributed by atoms with E-state index in [1.165, 1.54) is 6.07 Å². The number of hydrazine groups is 1. The number of fused-ring (bicyclic) bond motifs is 1. The summed E-state index contributed by atoms with van der Waals surface area (Å²) in [5.41, 5.74) is 13.9. The van der Waals surface area contributed by atoms with Gasteiger partial charge in [0.15, 0.2) is 6.23 Å². The van der Waals surface area contributed by atoms with Gasteiger partial charge in [-0.2, -0.15) is 5.26 Å². The lowest BCUT2D eigenvalue weighted by Crippen LogP contribution is -2.41. The molecule has 0 aromatic heterocycles. The number of benzene rings is 2. The molecule has 2 aromatic rings. The Balaban J connectivity index is 1.82. The van der Waals surface area contributed by atoms with Gasteiger partial charge in [0.1, 0.15) is 23.4 Å². The van der Waals surface area contributed by atoms with Crippen molar-refractivity contribution in [3.05, 3.63) is 70.9 Å². The van der Waals surface area contributed by atoms with Gasteiger partial charge in [-0.25, -0.2) is 15.2 Å². The fourth-order valence-corrected chi connectivity index (χ4v) is 4.37. The molecule has 2 aliphatic heterocycles. The fourth-order valence-electron chi connectivity index (χ4n) is 4.37. The van der Waals surface area contributed by atoms with Crippen molar-refractivity contribution in [2.24, 2.45) is 11.7 Å². The van der Waals surface area contributed by atoms with Crippen LogP contribution in [0.3, 0.4) is 0 Å². The highest BCUT2D eigenvalue weighted by atomic mass is 19.1. The van der Waals surface area contributed by atoms with Crippen LogP contribution in [0, 0.1) is 23.1 Å². The second-order valence-corrected chi connectivity index (χ2v) is 7.34. The van der Waals surface area contributed by atoms with Crippen molar-refractivity contribution in [2.75, 3.05) is 13.2 Å². The van der Waals surface area contributed by atoms with Gasteiger partial charge in [0.05, 0.1) is 24.8 Å². The third-order valence-corrected chi connectivity index (χ3v) is 5.62. The number of hydrogen-bond acceptors (Lipinski definition) is 7. The molecule has 31 heavy (non-hydrogen) atoms. The normalized spacial score (nSPS) is 24.8. The quantitative estimate of drug-likeness (QED) is 0.654. The van der Waals surface area contributed by atoms with Crippen molar-refractivity contribution >= 4 is 0 Å². The summed E-state index contributed by atoms with van der Waals surface area (Å²) >= 11 is 0. The molecule has 4 unspecified atom stereocenters. The Bertz CT molecular complexity index is 1040. The number of nitrogens with zero attached hydrogens (tertiary/aromatic N) is 1. The maximum Gasteiger partial charge on any atom is 0.200 e. The number of halogens is 1. The lowest BCUT2D eigenvalue weighted by Gasteiger charge is -2.36. The average Bonchev–Trinajstić information content (AvgIpc) is 3.17. The van der Waals surface area contributed by atoms with Crippen LogP contribution in [0.5, 0.6) is 11.5 Å². The van der Waals surface area contributed by atoms with Gasteiger partial charge in [-0.05, 0) is 31.5 Å². The molecule has 1 saturated heterocycles. The average molecular weight is 424 g/mol. The molecule has 0 amide bonds. The lowest BCUT2D eigenvalue weighted by molar-refractivity contribution is 0.0334. The van der Waals surface area contributed by atoms with E-state index in [1.807, 2.05) is 32.0 Å². The topological polar surface area (TPSA) is 102 Å². The highest BCUT2D eigenvalue weighted by Crippen LogP contribution is 2.49. The molecule has 0 radical (unpaired) electrons. The Morgan fingerprint density at radius 1 is 1.10 bits per heavy atom. The van der Waals surface area contributed by atoms with Crippen molar-refractivity contribution in [1.29, 1.82) is 5.26 Å². The summed E-state index contributed by atoms with van der Waals surface area (Å²) < 4.78 is 32.1. The van der Waals surface area contributed by atoms with Crippen LogP contribution < -0.4 is 26.1 Å². The number of hydrogen-bond donors (Lipinski definition) is 3. The summed E-state index contributed by atoms with van der Waals surface area (Å²) in [6, 6.07) is 13.9. The van der Waals surface area contributed by atoms with Gasteiger partial charge in [0.2, 0.25) is 5.88 Å². The minimum Gasteiger partial charge on any atom is -0.494 e. The monoisotopic (exact) mass is 424 g/mol. The van der Waals surface area contributed by atoms with Crippen LogP contribution in [-0.4, -0.2) is 19.4 Å². The van der Waals surface area contributed by atoms with E-state index in [1.54, 1.807) is 18.2 Å². The van der Waals surface area contributed by atoms with Crippen molar-refractivity contribution in [1.82, 2.24) is 10.9 Å². The molecule has 0 bridgehead atoms. The van der Waals surface area contributed by atoms with Crippen LogP contribution in [-0.2, 0) is 4.74 Å². The van der Waals surface area contributed by atoms with Gasteiger partial charge in [-0.15, -0.1) is 0 Å². The molecule has 2 heterocycles. The van der Waals surface area contributed by atoms with E-state index in [-0.39, 0.29) is 23.4 Å². The van der Waals surface area contributed by atoms with Crippen LogP contribution in [0.2, 0.25) is 0 Å². The van der Waals surface area contributed by atoms with Gasteiger partial charge in [0, 0.05) is 23.5 Å². The number of rotatable bonds is 6. The number of nitrogens with two attached hydrogens (primary N) is 1. The maximum atomic E-state index is 14.8. The third-order valence-electron chi connectivity index (χ3n) is 5.62. The summed E-state index contributed by atoms with van der Waals surface area (Å²) in [5, 5.41) is 9.82. The third kappa shape index (κ3) is 3.78. The van der Waals surface area contributed by atoms with E-state index in [2.05, 4.69) is 16.9 Å². The van der Waals surface area contributed by atoms with Crippen LogP contribution in [0.25, 0.3) is 0 Å². The molecular weight excluding hydrogens is 399 g/mol. The second kappa shape index (κ2) is 8.84. The second-order valence-electron chi connectivity index (χ2n) is 7.34. The Morgan fingerprint density at radius 2 is 1.87 bits per heavy atom. The smallest absolute Gasteiger partial charge is 0.200 e. The summed E-state index contributed by atoms with van der Waals surface area (Å²) in [5.74, 6) is 0.0144. The minimum atomic E-state index is -0.599. The first-order valence-electron chi connectivity index (χ1n) is 10.3. The summed E-state index contributed by atoms with van der Waals surface area (Å²) in [7, 11) is 0. The van der Waals surface area contributed by atoms with E-state index in [0.717, 1.165) is 5.56 Å². The van der Waals surface area contributed by atoms with Crippen LogP contribution in [0.4, 0.5) is 4.39 Å². The van der Waals surface area contributed by atoms with E-state index < -0.39 is 18.0 Å².